The average molecular weight is 394 g/mol. The fraction of sp³-hybridized carbons (Fsp3) is 0.261. The topological polar surface area (TPSA) is 75.7 Å². The van der Waals surface area contributed by atoms with E-state index < -0.39 is 0 Å². The zero-order valence-electron chi connectivity index (χ0n) is 17.2. The number of nitrogens with zero attached hydrogens (tertiary/aromatic N) is 1. The molecule has 0 saturated carbocycles. The first-order valence-electron chi connectivity index (χ1n) is 9.43. The normalized spacial score (nSPS) is 10.6. The molecular formula is C23H26N2O4. The highest BCUT2D eigenvalue weighted by atomic mass is 16.5. The number of nitrogens with two attached hydrogens (primary N) is 1. The molecule has 0 radical (unpaired) electrons. The quantitative estimate of drug-likeness (QED) is 0.453. The van der Waals surface area contributed by atoms with E-state index in [0.29, 0.717) is 34.2 Å². The van der Waals surface area contributed by atoms with E-state index in [1.54, 1.807) is 12.1 Å². The molecule has 6 heteroatoms. The lowest BCUT2D eigenvalue weighted by atomic mass is 10.0. The number of hydrogen-bond donors (Lipinski definition) is 1. The number of aryl methyl sites for hydroxylation is 1. The number of rotatable bonds is 8. The van der Waals surface area contributed by atoms with Crippen LogP contribution in [0.2, 0.25) is 0 Å². The Morgan fingerprint density at radius 2 is 1.55 bits per heavy atom. The van der Waals surface area contributed by atoms with Crippen LogP contribution in [0.1, 0.15) is 29.4 Å². The summed E-state index contributed by atoms with van der Waals surface area (Å²) in [6, 6.07) is 12.9. The molecule has 3 aromatic rings. The molecule has 152 valence electrons. The molecule has 0 atom stereocenters. The smallest absolute Gasteiger partial charge is 0.209 e. The van der Waals surface area contributed by atoms with E-state index in [0.717, 1.165) is 24.1 Å². The molecule has 0 spiro atoms. The standard InChI is InChI=1S/C23H26N2O4/c1-5-10-25-14-17(15-6-8-18(24)9-7-15)11-19(25)22(26)16-12-20(27-2)23(29-4)21(13-16)28-3/h6-9,11-14H,5,10,24H2,1-4H3. The van der Waals surface area contributed by atoms with E-state index in [2.05, 4.69) is 6.92 Å². The van der Waals surface area contributed by atoms with Crippen molar-refractivity contribution < 1.29 is 19.0 Å². The lowest BCUT2D eigenvalue weighted by Crippen LogP contribution is -2.10. The molecule has 3 rings (SSSR count). The summed E-state index contributed by atoms with van der Waals surface area (Å²) < 4.78 is 18.1. The average Bonchev–Trinajstić information content (AvgIpc) is 3.16. The minimum absolute atomic E-state index is 0.112. The zero-order valence-corrected chi connectivity index (χ0v) is 17.2. The Morgan fingerprint density at radius 3 is 2.07 bits per heavy atom. The van der Waals surface area contributed by atoms with Gasteiger partial charge in [0.25, 0.3) is 0 Å². The second kappa shape index (κ2) is 8.73. The van der Waals surface area contributed by atoms with Gasteiger partial charge in [0.05, 0.1) is 27.0 Å². The lowest BCUT2D eigenvalue weighted by molar-refractivity contribution is 0.102. The van der Waals surface area contributed by atoms with Gasteiger partial charge in [-0.1, -0.05) is 19.1 Å². The van der Waals surface area contributed by atoms with Crippen molar-refractivity contribution in [1.82, 2.24) is 4.57 Å². The Bertz CT molecular complexity index is 981. The largest absolute Gasteiger partial charge is 0.493 e. The van der Waals surface area contributed by atoms with E-state index >= 15 is 0 Å². The second-order valence-electron chi connectivity index (χ2n) is 6.67. The molecule has 0 amide bonds. The molecule has 1 aromatic heterocycles. The molecule has 2 aromatic carbocycles. The molecule has 2 N–H and O–H groups in total. The van der Waals surface area contributed by atoms with Gasteiger partial charge in [0.1, 0.15) is 0 Å². The maximum Gasteiger partial charge on any atom is 0.209 e. The van der Waals surface area contributed by atoms with E-state index in [4.69, 9.17) is 19.9 Å². The van der Waals surface area contributed by atoms with Crippen molar-refractivity contribution in [3.63, 3.8) is 0 Å². The number of ketones is 1. The van der Waals surface area contributed by atoms with Crippen molar-refractivity contribution in [1.29, 1.82) is 0 Å². The minimum Gasteiger partial charge on any atom is -0.493 e. The third-order valence-electron chi connectivity index (χ3n) is 4.76. The predicted octanol–water partition coefficient (Wildman–Crippen LogP) is 4.40. The summed E-state index contributed by atoms with van der Waals surface area (Å²) in [5, 5.41) is 0. The number of ether oxygens (including phenoxy) is 3. The molecule has 0 bridgehead atoms. The van der Waals surface area contributed by atoms with Crippen molar-refractivity contribution in [3.05, 3.63) is 59.9 Å². The van der Waals surface area contributed by atoms with Crippen LogP contribution in [0.5, 0.6) is 17.2 Å². The van der Waals surface area contributed by atoms with E-state index in [1.807, 2.05) is 41.1 Å². The van der Waals surface area contributed by atoms with Gasteiger partial charge < -0.3 is 24.5 Å². The Morgan fingerprint density at radius 1 is 0.931 bits per heavy atom. The van der Waals surface area contributed by atoms with Gasteiger partial charge in [-0.05, 0) is 42.3 Å². The summed E-state index contributed by atoms with van der Waals surface area (Å²) in [4.78, 5) is 13.4. The van der Waals surface area contributed by atoms with Crippen molar-refractivity contribution in [3.8, 4) is 28.4 Å². The van der Waals surface area contributed by atoms with Crippen LogP contribution in [0, 0.1) is 0 Å². The van der Waals surface area contributed by atoms with E-state index in [9.17, 15) is 4.79 Å². The van der Waals surface area contributed by atoms with Gasteiger partial charge in [-0.25, -0.2) is 0 Å². The third kappa shape index (κ3) is 4.06. The first-order chi connectivity index (χ1) is 14.0. The maximum absolute atomic E-state index is 13.4. The summed E-state index contributed by atoms with van der Waals surface area (Å²) in [7, 11) is 4.60. The molecule has 1 heterocycles. The summed E-state index contributed by atoms with van der Waals surface area (Å²) in [6.45, 7) is 2.82. The van der Waals surface area contributed by atoms with Crippen LogP contribution in [0.4, 0.5) is 5.69 Å². The molecule has 0 fully saturated rings. The monoisotopic (exact) mass is 394 g/mol. The van der Waals surface area contributed by atoms with Crippen molar-refractivity contribution in [2.24, 2.45) is 0 Å². The number of methoxy groups -OCH3 is 3. The Balaban J connectivity index is 2.07. The second-order valence-corrected chi connectivity index (χ2v) is 6.67. The molecule has 0 aliphatic carbocycles. The molecular weight excluding hydrogens is 368 g/mol. The van der Waals surface area contributed by atoms with Crippen molar-refractivity contribution >= 4 is 11.5 Å². The van der Waals surface area contributed by atoms with Gasteiger partial charge >= 0.3 is 0 Å². The fourth-order valence-corrected chi connectivity index (χ4v) is 3.32. The van der Waals surface area contributed by atoms with Crippen molar-refractivity contribution in [2.45, 2.75) is 19.9 Å². The number of benzene rings is 2. The predicted molar refractivity (Wildman–Crippen MR) is 114 cm³/mol. The molecule has 0 saturated heterocycles. The van der Waals surface area contributed by atoms with Gasteiger partial charge in [0.2, 0.25) is 11.5 Å². The Labute approximate surface area is 170 Å². The lowest BCUT2D eigenvalue weighted by Gasteiger charge is -2.14. The number of nitrogen functional groups attached to an aromatic ring is 1. The Hall–Kier alpha value is -3.41. The SMILES string of the molecule is CCCn1cc(-c2ccc(N)cc2)cc1C(=O)c1cc(OC)c(OC)c(OC)c1. The summed E-state index contributed by atoms with van der Waals surface area (Å²) in [6.07, 6.45) is 2.91. The van der Waals surface area contributed by atoms with Crippen molar-refractivity contribution in [2.75, 3.05) is 27.1 Å². The van der Waals surface area contributed by atoms with Crippen LogP contribution in [0.15, 0.2) is 48.7 Å². The molecule has 0 unspecified atom stereocenters. The zero-order chi connectivity index (χ0) is 21.0. The van der Waals surface area contributed by atoms with Gasteiger partial charge in [-0.2, -0.15) is 0 Å². The fourth-order valence-electron chi connectivity index (χ4n) is 3.32. The highest BCUT2D eigenvalue weighted by molar-refractivity contribution is 6.09. The van der Waals surface area contributed by atoms with Gasteiger partial charge in [-0.3, -0.25) is 4.79 Å². The van der Waals surface area contributed by atoms with Crippen LogP contribution in [0.3, 0.4) is 0 Å². The van der Waals surface area contributed by atoms with Crippen LogP contribution in [-0.2, 0) is 6.54 Å². The first kappa shape index (κ1) is 20.3. The summed E-state index contributed by atoms with van der Waals surface area (Å²) in [5.74, 6) is 1.24. The highest BCUT2D eigenvalue weighted by Gasteiger charge is 2.21. The third-order valence-corrected chi connectivity index (χ3v) is 4.76. The summed E-state index contributed by atoms with van der Waals surface area (Å²) >= 11 is 0. The highest BCUT2D eigenvalue weighted by Crippen LogP contribution is 2.39. The maximum atomic E-state index is 13.4. The summed E-state index contributed by atoms with van der Waals surface area (Å²) in [5.41, 5.74) is 9.55. The van der Waals surface area contributed by atoms with Crippen LogP contribution >= 0.6 is 0 Å². The number of anilines is 1. The minimum atomic E-state index is -0.112. The first-order valence-corrected chi connectivity index (χ1v) is 9.43. The van der Waals surface area contributed by atoms with Crippen LogP contribution in [-0.4, -0.2) is 31.7 Å². The number of aromatic nitrogens is 1. The van der Waals surface area contributed by atoms with Gasteiger partial charge in [0, 0.05) is 29.6 Å². The Kier molecular flexibility index (Phi) is 6.12. The van der Waals surface area contributed by atoms with Gasteiger partial charge in [-0.15, -0.1) is 0 Å². The molecule has 0 aliphatic rings. The molecule has 6 nitrogen and oxygen atoms in total. The van der Waals surface area contributed by atoms with Gasteiger partial charge in [0.15, 0.2) is 11.5 Å². The molecule has 0 aliphatic heterocycles. The van der Waals surface area contributed by atoms with E-state index in [-0.39, 0.29) is 5.78 Å². The van der Waals surface area contributed by atoms with Crippen LogP contribution in [0.25, 0.3) is 11.1 Å². The van der Waals surface area contributed by atoms with E-state index in [1.165, 1.54) is 21.3 Å². The van der Waals surface area contributed by atoms with Crippen LogP contribution < -0.4 is 19.9 Å². The number of carbonyl (C=O) groups is 1. The number of carbonyl (C=O) groups excluding carboxylic acids is 1. The molecule has 29 heavy (non-hydrogen) atoms. The number of hydrogen-bond acceptors (Lipinski definition) is 5.